The highest BCUT2D eigenvalue weighted by Gasteiger charge is 2.11. The molecule has 0 saturated heterocycles. The van der Waals surface area contributed by atoms with Crippen LogP contribution in [0.3, 0.4) is 0 Å². The minimum Gasteiger partial charge on any atom is -0.494 e. The summed E-state index contributed by atoms with van der Waals surface area (Å²) in [6, 6.07) is 7.84. The van der Waals surface area contributed by atoms with Crippen LogP contribution in [0.4, 0.5) is 0 Å². The van der Waals surface area contributed by atoms with E-state index >= 15 is 0 Å². The summed E-state index contributed by atoms with van der Waals surface area (Å²) < 4.78 is 5.59. The molecule has 0 aliphatic heterocycles. The van der Waals surface area contributed by atoms with Gasteiger partial charge in [-0.1, -0.05) is 19.1 Å². The number of nitrogens with one attached hydrogen (secondary N) is 1. The molecule has 1 rings (SSSR count). The number of carbonyl (C=O) groups is 2. The zero-order chi connectivity index (χ0) is 15.7. The van der Waals surface area contributed by atoms with Gasteiger partial charge in [-0.05, 0) is 37.5 Å². The number of carboxylic acids is 1. The van der Waals surface area contributed by atoms with E-state index in [1.54, 1.807) is 6.92 Å². The fourth-order valence-electron chi connectivity index (χ4n) is 1.73. The number of hydrogen-bond donors (Lipinski definition) is 2. The minimum atomic E-state index is -0.901. The third-order valence-corrected chi connectivity index (χ3v) is 3.08. The van der Waals surface area contributed by atoms with Gasteiger partial charge < -0.3 is 15.2 Å². The highest BCUT2D eigenvalue weighted by molar-refractivity contribution is 5.77. The van der Waals surface area contributed by atoms with Gasteiger partial charge in [0.1, 0.15) is 5.75 Å². The lowest BCUT2D eigenvalue weighted by atomic mass is 10.2. The molecule has 116 valence electrons. The van der Waals surface area contributed by atoms with Crippen LogP contribution >= 0.6 is 0 Å². The van der Waals surface area contributed by atoms with Crippen molar-refractivity contribution in [2.75, 3.05) is 13.2 Å². The smallest absolute Gasteiger partial charge is 0.308 e. The summed E-state index contributed by atoms with van der Waals surface area (Å²) in [5.74, 6) is -0.728. The first-order valence-electron chi connectivity index (χ1n) is 7.18. The number of unbranched alkanes of at least 4 members (excludes halogenated alkanes) is 1. The van der Waals surface area contributed by atoms with E-state index in [9.17, 15) is 9.59 Å². The van der Waals surface area contributed by atoms with Crippen LogP contribution < -0.4 is 10.1 Å². The van der Waals surface area contributed by atoms with E-state index < -0.39 is 11.9 Å². The Morgan fingerprint density at radius 2 is 2.10 bits per heavy atom. The van der Waals surface area contributed by atoms with Gasteiger partial charge in [-0.25, -0.2) is 0 Å². The molecule has 1 atom stereocenters. The molecule has 0 fully saturated rings. The zero-order valence-corrected chi connectivity index (χ0v) is 12.6. The summed E-state index contributed by atoms with van der Waals surface area (Å²) in [4.78, 5) is 22.1. The standard InChI is InChI=1S/C16H23NO4/c1-12-6-5-7-14(10-12)21-9-4-3-8-15(18)17-11-13(2)16(19)20/h5-7,10,13H,3-4,8-9,11H2,1-2H3,(H,17,18)(H,19,20). The van der Waals surface area contributed by atoms with Crippen LogP contribution in [0.15, 0.2) is 24.3 Å². The summed E-state index contributed by atoms with van der Waals surface area (Å²) in [6.45, 7) is 4.32. The first-order valence-corrected chi connectivity index (χ1v) is 7.18. The van der Waals surface area contributed by atoms with E-state index in [1.807, 2.05) is 31.2 Å². The molecule has 0 aromatic heterocycles. The SMILES string of the molecule is Cc1cccc(OCCCCC(=O)NCC(C)C(=O)O)c1. The van der Waals surface area contributed by atoms with E-state index in [2.05, 4.69) is 5.32 Å². The highest BCUT2D eigenvalue weighted by atomic mass is 16.5. The Balaban J connectivity index is 2.08. The van der Waals surface area contributed by atoms with Crippen LogP contribution in [-0.2, 0) is 9.59 Å². The van der Waals surface area contributed by atoms with Crippen molar-refractivity contribution in [3.05, 3.63) is 29.8 Å². The quantitative estimate of drug-likeness (QED) is 0.685. The molecule has 0 bridgehead atoms. The lowest BCUT2D eigenvalue weighted by Gasteiger charge is -2.09. The van der Waals surface area contributed by atoms with Gasteiger partial charge >= 0.3 is 5.97 Å². The van der Waals surface area contributed by atoms with Crippen molar-refractivity contribution >= 4 is 11.9 Å². The molecule has 0 radical (unpaired) electrons. The van der Waals surface area contributed by atoms with Crippen molar-refractivity contribution in [1.29, 1.82) is 0 Å². The van der Waals surface area contributed by atoms with Crippen LogP contribution in [0.5, 0.6) is 5.75 Å². The molecule has 21 heavy (non-hydrogen) atoms. The van der Waals surface area contributed by atoms with E-state index in [1.165, 1.54) is 0 Å². The van der Waals surface area contributed by atoms with E-state index in [4.69, 9.17) is 9.84 Å². The van der Waals surface area contributed by atoms with Crippen molar-refractivity contribution in [2.45, 2.75) is 33.1 Å². The van der Waals surface area contributed by atoms with E-state index in [0.29, 0.717) is 13.0 Å². The molecule has 5 nitrogen and oxygen atoms in total. The van der Waals surface area contributed by atoms with Crippen LogP contribution in [0.1, 0.15) is 31.7 Å². The normalized spacial score (nSPS) is 11.7. The van der Waals surface area contributed by atoms with Crippen LogP contribution in [0, 0.1) is 12.8 Å². The Kier molecular flexibility index (Phi) is 7.29. The Morgan fingerprint density at radius 1 is 1.33 bits per heavy atom. The average Bonchev–Trinajstić information content (AvgIpc) is 2.44. The van der Waals surface area contributed by atoms with Crippen molar-refractivity contribution in [1.82, 2.24) is 5.32 Å². The maximum atomic E-state index is 11.5. The van der Waals surface area contributed by atoms with Gasteiger partial charge in [0, 0.05) is 13.0 Å². The second-order valence-electron chi connectivity index (χ2n) is 5.17. The van der Waals surface area contributed by atoms with Gasteiger partial charge in [0.15, 0.2) is 0 Å². The Bertz CT molecular complexity index is 473. The predicted molar refractivity (Wildman–Crippen MR) is 80.3 cm³/mol. The van der Waals surface area contributed by atoms with Gasteiger partial charge in [-0.2, -0.15) is 0 Å². The lowest BCUT2D eigenvalue weighted by Crippen LogP contribution is -2.31. The number of rotatable bonds is 9. The maximum Gasteiger partial charge on any atom is 0.308 e. The van der Waals surface area contributed by atoms with E-state index in [-0.39, 0.29) is 12.5 Å². The molecule has 1 aromatic rings. The summed E-state index contributed by atoms with van der Waals surface area (Å²) >= 11 is 0. The maximum absolute atomic E-state index is 11.5. The fraction of sp³-hybridized carbons (Fsp3) is 0.500. The summed E-state index contributed by atoms with van der Waals surface area (Å²) in [6.07, 6.45) is 1.90. The van der Waals surface area contributed by atoms with Crippen molar-refractivity contribution in [3.8, 4) is 5.75 Å². The second-order valence-corrected chi connectivity index (χ2v) is 5.17. The zero-order valence-electron chi connectivity index (χ0n) is 12.6. The molecular weight excluding hydrogens is 270 g/mol. The molecule has 0 spiro atoms. The van der Waals surface area contributed by atoms with Gasteiger partial charge in [0.25, 0.3) is 0 Å². The number of aliphatic carboxylic acids is 1. The number of carboxylic acid groups (broad SMARTS) is 1. The third kappa shape index (κ3) is 7.34. The monoisotopic (exact) mass is 293 g/mol. The lowest BCUT2D eigenvalue weighted by molar-refractivity contribution is -0.141. The first-order chi connectivity index (χ1) is 9.99. The van der Waals surface area contributed by atoms with Gasteiger partial charge in [-0.15, -0.1) is 0 Å². The van der Waals surface area contributed by atoms with Crippen LogP contribution in [-0.4, -0.2) is 30.1 Å². The van der Waals surface area contributed by atoms with Crippen molar-refractivity contribution in [3.63, 3.8) is 0 Å². The first kappa shape index (κ1) is 17.0. The van der Waals surface area contributed by atoms with Gasteiger partial charge in [0.2, 0.25) is 5.91 Å². The molecule has 1 unspecified atom stereocenters. The van der Waals surface area contributed by atoms with Crippen LogP contribution in [0.2, 0.25) is 0 Å². The molecule has 0 heterocycles. The number of amides is 1. The fourth-order valence-corrected chi connectivity index (χ4v) is 1.73. The third-order valence-electron chi connectivity index (χ3n) is 3.08. The number of hydrogen-bond acceptors (Lipinski definition) is 3. The minimum absolute atomic E-state index is 0.112. The Hall–Kier alpha value is -2.04. The Labute approximate surface area is 125 Å². The number of ether oxygens (including phenoxy) is 1. The predicted octanol–water partition coefficient (Wildman–Crippen LogP) is 2.38. The molecular formula is C16H23NO4. The molecule has 2 N–H and O–H groups in total. The largest absolute Gasteiger partial charge is 0.494 e. The van der Waals surface area contributed by atoms with Crippen molar-refractivity contribution < 1.29 is 19.4 Å². The van der Waals surface area contributed by atoms with Gasteiger partial charge in [0.05, 0.1) is 12.5 Å². The molecule has 1 aromatic carbocycles. The van der Waals surface area contributed by atoms with Crippen molar-refractivity contribution in [2.24, 2.45) is 5.92 Å². The highest BCUT2D eigenvalue weighted by Crippen LogP contribution is 2.12. The number of benzene rings is 1. The summed E-state index contributed by atoms with van der Waals surface area (Å²) in [5.41, 5.74) is 1.15. The number of aryl methyl sites for hydroxylation is 1. The molecule has 5 heteroatoms. The molecule has 0 saturated carbocycles. The number of carbonyl (C=O) groups excluding carboxylic acids is 1. The Morgan fingerprint density at radius 3 is 2.76 bits per heavy atom. The molecule has 1 amide bonds. The average molecular weight is 293 g/mol. The molecule has 0 aliphatic rings. The van der Waals surface area contributed by atoms with E-state index in [0.717, 1.165) is 24.2 Å². The van der Waals surface area contributed by atoms with Crippen LogP contribution in [0.25, 0.3) is 0 Å². The second kappa shape index (κ2) is 9.00. The molecule has 0 aliphatic carbocycles. The topological polar surface area (TPSA) is 75.6 Å². The van der Waals surface area contributed by atoms with Gasteiger partial charge in [-0.3, -0.25) is 9.59 Å². The summed E-state index contributed by atoms with van der Waals surface area (Å²) in [5, 5.41) is 11.3. The summed E-state index contributed by atoms with van der Waals surface area (Å²) in [7, 11) is 0.